The van der Waals surface area contributed by atoms with Crippen LogP contribution < -0.4 is 9.47 Å². The van der Waals surface area contributed by atoms with E-state index in [1.165, 1.54) is 0 Å². The molecule has 0 amide bonds. The average Bonchev–Trinajstić information content (AvgIpc) is 2.18. The first-order valence-corrected chi connectivity index (χ1v) is 4.78. The SMILES string of the molecule is COc1cc(Cl)cc2c1OCC[C@@H]2O. The van der Waals surface area contributed by atoms with E-state index in [2.05, 4.69) is 0 Å². The quantitative estimate of drug-likeness (QED) is 0.779. The molecule has 0 radical (unpaired) electrons. The fraction of sp³-hybridized carbons (Fsp3) is 0.400. The van der Waals surface area contributed by atoms with Crippen molar-refractivity contribution < 1.29 is 14.6 Å². The van der Waals surface area contributed by atoms with Crippen LogP contribution in [0.4, 0.5) is 0 Å². The van der Waals surface area contributed by atoms with Gasteiger partial charge in [0.1, 0.15) is 0 Å². The van der Waals surface area contributed by atoms with E-state index < -0.39 is 6.10 Å². The third kappa shape index (κ3) is 1.53. The van der Waals surface area contributed by atoms with E-state index in [-0.39, 0.29) is 0 Å². The van der Waals surface area contributed by atoms with Crippen molar-refractivity contribution in [2.24, 2.45) is 0 Å². The standard InChI is InChI=1S/C10H11ClO3/c1-13-9-5-6(11)4-7-8(12)2-3-14-10(7)9/h4-5,8,12H,2-3H2,1H3/t8-/m0/s1. The number of benzene rings is 1. The zero-order chi connectivity index (χ0) is 10.1. The van der Waals surface area contributed by atoms with Crippen molar-refractivity contribution >= 4 is 11.6 Å². The molecule has 1 heterocycles. The second-order valence-electron chi connectivity index (χ2n) is 3.18. The maximum Gasteiger partial charge on any atom is 0.167 e. The van der Waals surface area contributed by atoms with E-state index in [4.69, 9.17) is 21.1 Å². The molecule has 1 aromatic rings. The third-order valence-electron chi connectivity index (χ3n) is 2.26. The molecule has 76 valence electrons. The number of ether oxygens (including phenoxy) is 2. The summed E-state index contributed by atoms with van der Waals surface area (Å²) >= 11 is 5.88. The van der Waals surface area contributed by atoms with Crippen LogP contribution in [0.1, 0.15) is 18.1 Å². The lowest BCUT2D eigenvalue weighted by Crippen LogP contribution is -2.14. The minimum absolute atomic E-state index is 0.506. The van der Waals surface area contributed by atoms with Crippen molar-refractivity contribution in [1.82, 2.24) is 0 Å². The van der Waals surface area contributed by atoms with Gasteiger partial charge in [0.2, 0.25) is 0 Å². The van der Waals surface area contributed by atoms with Crippen molar-refractivity contribution in [2.75, 3.05) is 13.7 Å². The van der Waals surface area contributed by atoms with Crippen LogP contribution in [0.2, 0.25) is 5.02 Å². The van der Waals surface area contributed by atoms with Crippen molar-refractivity contribution in [3.8, 4) is 11.5 Å². The number of methoxy groups -OCH3 is 1. The number of aliphatic hydroxyl groups is 1. The first-order valence-electron chi connectivity index (χ1n) is 4.40. The summed E-state index contributed by atoms with van der Waals surface area (Å²) < 4.78 is 10.5. The monoisotopic (exact) mass is 214 g/mol. The Labute approximate surface area is 87.2 Å². The molecule has 0 aliphatic carbocycles. The maximum atomic E-state index is 9.71. The summed E-state index contributed by atoms with van der Waals surface area (Å²) in [5, 5.41) is 10.3. The fourth-order valence-electron chi connectivity index (χ4n) is 1.57. The topological polar surface area (TPSA) is 38.7 Å². The maximum absolute atomic E-state index is 9.71. The van der Waals surface area contributed by atoms with Crippen molar-refractivity contribution in [3.05, 3.63) is 22.7 Å². The highest BCUT2D eigenvalue weighted by Gasteiger charge is 2.23. The summed E-state index contributed by atoms with van der Waals surface area (Å²) in [5.41, 5.74) is 0.709. The Balaban J connectivity index is 2.54. The molecule has 3 nitrogen and oxygen atoms in total. The van der Waals surface area contributed by atoms with E-state index in [1.807, 2.05) is 0 Å². The van der Waals surface area contributed by atoms with Crippen LogP contribution in [0.3, 0.4) is 0 Å². The highest BCUT2D eigenvalue weighted by Crippen LogP contribution is 2.41. The predicted octanol–water partition coefficient (Wildman–Crippen LogP) is 2.16. The van der Waals surface area contributed by atoms with Crippen molar-refractivity contribution in [1.29, 1.82) is 0 Å². The van der Waals surface area contributed by atoms with Gasteiger partial charge < -0.3 is 14.6 Å². The van der Waals surface area contributed by atoms with E-state index in [1.54, 1.807) is 19.2 Å². The van der Waals surface area contributed by atoms with Gasteiger partial charge in [0, 0.05) is 23.1 Å². The molecule has 0 aromatic heterocycles. The summed E-state index contributed by atoms with van der Waals surface area (Å²) in [6.45, 7) is 0.506. The molecule has 1 N–H and O–H groups in total. The molecule has 0 unspecified atom stereocenters. The molecular formula is C10H11ClO3. The Hall–Kier alpha value is -0.930. The average molecular weight is 215 g/mol. The fourth-order valence-corrected chi connectivity index (χ4v) is 1.79. The molecule has 0 bridgehead atoms. The third-order valence-corrected chi connectivity index (χ3v) is 2.48. The molecule has 4 heteroatoms. The minimum atomic E-state index is -0.508. The van der Waals surface area contributed by atoms with E-state index in [9.17, 15) is 5.11 Å². The number of hydrogen-bond donors (Lipinski definition) is 1. The summed E-state index contributed by atoms with van der Waals surface area (Å²) in [5.74, 6) is 1.18. The second-order valence-corrected chi connectivity index (χ2v) is 3.62. The Bertz CT molecular complexity index is 351. The van der Waals surface area contributed by atoms with Crippen molar-refractivity contribution in [3.63, 3.8) is 0 Å². The normalized spacial score (nSPS) is 19.8. The lowest BCUT2D eigenvalue weighted by atomic mass is 10.0. The van der Waals surface area contributed by atoms with Gasteiger partial charge in [0.05, 0.1) is 19.8 Å². The van der Waals surface area contributed by atoms with Gasteiger partial charge in [-0.2, -0.15) is 0 Å². The van der Waals surface area contributed by atoms with Crippen LogP contribution in [-0.2, 0) is 0 Å². The van der Waals surface area contributed by atoms with Gasteiger partial charge >= 0.3 is 0 Å². The lowest BCUT2D eigenvalue weighted by molar-refractivity contribution is 0.113. The number of hydrogen-bond acceptors (Lipinski definition) is 3. The molecule has 14 heavy (non-hydrogen) atoms. The Kier molecular flexibility index (Phi) is 2.52. The lowest BCUT2D eigenvalue weighted by Gasteiger charge is -2.23. The van der Waals surface area contributed by atoms with Crippen LogP contribution in [-0.4, -0.2) is 18.8 Å². The summed E-state index contributed by atoms with van der Waals surface area (Å²) in [6.07, 6.45) is 0.0857. The Morgan fingerprint density at radius 1 is 1.57 bits per heavy atom. The zero-order valence-corrected chi connectivity index (χ0v) is 8.54. The molecule has 1 aliphatic heterocycles. The van der Waals surface area contributed by atoms with E-state index in [0.717, 1.165) is 0 Å². The van der Waals surface area contributed by atoms with Gasteiger partial charge in [-0.3, -0.25) is 0 Å². The van der Waals surface area contributed by atoms with Crippen molar-refractivity contribution in [2.45, 2.75) is 12.5 Å². The molecule has 1 aromatic carbocycles. The summed E-state index contributed by atoms with van der Waals surface area (Å²) in [4.78, 5) is 0. The van der Waals surface area contributed by atoms with Gasteiger partial charge in [-0.1, -0.05) is 11.6 Å². The van der Waals surface area contributed by atoms with Gasteiger partial charge in [-0.25, -0.2) is 0 Å². The predicted molar refractivity (Wildman–Crippen MR) is 53.1 cm³/mol. The summed E-state index contributed by atoms with van der Waals surface area (Å²) in [7, 11) is 1.55. The molecule has 2 rings (SSSR count). The van der Waals surface area contributed by atoms with Crippen LogP contribution in [0.5, 0.6) is 11.5 Å². The first kappa shape index (κ1) is 9.62. The molecule has 0 spiro atoms. The zero-order valence-electron chi connectivity index (χ0n) is 7.79. The van der Waals surface area contributed by atoms with Gasteiger partial charge in [0.25, 0.3) is 0 Å². The molecule has 0 saturated heterocycles. The largest absolute Gasteiger partial charge is 0.493 e. The smallest absolute Gasteiger partial charge is 0.167 e. The van der Waals surface area contributed by atoms with E-state index in [0.29, 0.717) is 35.1 Å². The van der Waals surface area contributed by atoms with Crippen LogP contribution in [0.15, 0.2) is 12.1 Å². The van der Waals surface area contributed by atoms with Gasteiger partial charge in [-0.05, 0) is 6.07 Å². The number of fused-ring (bicyclic) bond motifs is 1. The highest BCUT2D eigenvalue weighted by atomic mass is 35.5. The minimum Gasteiger partial charge on any atom is -0.493 e. The number of rotatable bonds is 1. The van der Waals surface area contributed by atoms with Gasteiger partial charge in [0.15, 0.2) is 11.5 Å². The highest BCUT2D eigenvalue weighted by molar-refractivity contribution is 6.30. The molecular weight excluding hydrogens is 204 g/mol. The molecule has 0 saturated carbocycles. The second kappa shape index (κ2) is 3.67. The summed E-state index contributed by atoms with van der Waals surface area (Å²) in [6, 6.07) is 3.39. The number of halogens is 1. The van der Waals surface area contributed by atoms with Crippen LogP contribution in [0, 0.1) is 0 Å². The molecule has 1 atom stereocenters. The molecule has 0 fully saturated rings. The Morgan fingerprint density at radius 2 is 2.36 bits per heavy atom. The molecule has 1 aliphatic rings. The van der Waals surface area contributed by atoms with Crippen LogP contribution >= 0.6 is 11.6 Å². The Morgan fingerprint density at radius 3 is 3.07 bits per heavy atom. The first-order chi connectivity index (χ1) is 6.72. The van der Waals surface area contributed by atoms with Gasteiger partial charge in [-0.15, -0.1) is 0 Å². The number of aliphatic hydroxyl groups excluding tert-OH is 1. The van der Waals surface area contributed by atoms with Crippen LogP contribution in [0.25, 0.3) is 0 Å². The van der Waals surface area contributed by atoms with E-state index >= 15 is 0 Å².